The van der Waals surface area contributed by atoms with Gasteiger partial charge in [0.05, 0.1) is 5.75 Å². The Morgan fingerprint density at radius 2 is 1.71 bits per heavy atom. The Morgan fingerprint density at radius 3 is 2.18 bits per heavy atom. The van der Waals surface area contributed by atoms with E-state index in [1.165, 1.54) is 0 Å². The summed E-state index contributed by atoms with van der Waals surface area (Å²) >= 11 is 0. The molecule has 0 aromatic heterocycles. The van der Waals surface area contributed by atoms with Crippen molar-refractivity contribution in [2.24, 2.45) is 0 Å². The number of halogens is 7. The average Bonchev–Trinajstić information content (AvgIpc) is 2.13. The van der Waals surface area contributed by atoms with Crippen LogP contribution >= 0.6 is 0 Å². The monoisotopic (exact) mass is 261 g/mol. The van der Waals surface area contributed by atoms with Crippen molar-refractivity contribution in [3.63, 3.8) is 0 Å². The van der Waals surface area contributed by atoms with E-state index in [1.807, 2.05) is 0 Å². The molecule has 9 heteroatoms. The number of rotatable bonds is 3. The first-order valence-corrected chi connectivity index (χ1v) is 4.28. The summed E-state index contributed by atoms with van der Waals surface area (Å²) in [5.74, 6) is -2.23. The van der Waals surface area contributed by atoms with Gasteiger partial charge in [0, 0.05) is 0 Å². The summed E-state index contributed by atoms with van der Waals surface area (Å²) in [6, 6.07) is 1.22. The van der Waals surface area contributed by atoms with E-state index in [0.29, 0.717) is 12.1 Å². The van der Waals surface area contributed by atoms with Crippen LogP contribution in [0.25, 0.3) is 0 Å². The number of benzene rings is 1. The molecule has 0 spiro atoms. The Balaban J connectivity index is 2.99. The summed E-state index contributed by atoms with van der Waals surface area (Å²) in [5.41, 5.74) is -1.52. The molecule has 0 atom stereocenters. The Morgan fingerprint density at radius 1 is 1.12 bits per heavy atom. The Labute approximate surface area is 91.2 Å². The topological polar surface area (TPSA) is 9.23 Å². The van der Waals surface area contributed by atoms with Crippen molar-refractivity contribution in [2.75, 3.05) is 6.61 Å². The summed E-state index contributed by atoms with van der Waals surface area (Å²) in [7, 11) is 0. The van der Waals surface area contributed by atoms with Crippen LogP contribution in [0.1, 0.15) is 0 Å². The van der Waals surface area contributed by atoms with E-state index in [0.717, 1.165) is 0 Å². The van der Waals surface area contributed by atoms with Gasteiger partial charge in [-0.2, -0.15) is 13.2 Å². The van der Waals surface area contributed by atoms with E-state index in [1.54, 1.807) is 0 Å². The molecule has 0 saturated carbocycles. The molecule has 1 nitrogen and oxygen atoms in total. The molecule has 0 unspecified atom stereocenters. The third-order valence-corrected chi connectivity index (χ3v) is 1.72. The zero-order chi connectivity index (χ0) is 13.3. The standard InChI is InChI=1S/C8H5BF7O/c10-5-1-2-7(17-4-8(11,12)13)6(3-5)9(14,15)16/h1-3H,4H2/q-1. The van der Waals surface area contributed by atoms with Gasteiger partial charge in [-0.1, -0.05) is 5.46 Å². The van der Waals surface area contributed by atoms with E-state index in [-0.39, 0.29) is 6.07 Å². The number of ether oxygens (including phenoxy) is 1. The molecule has 1 aromatic carbocycles. The fraction of sp³-hybridized carbons (Fsp3) is 0.250. The number of hydrogen-bond donors (Lipinski definition) is 0. The van der Waals surface area contributed by atoms with Crippen molar-refractivity contribution < 1.29 is 35.2 Å². The van der Waals surface area contributed by atoms with E-state index >= 15 is 0 Å². The van der Waals surface area contributed by atoms with E-state index < -0.39 is 36.8 Å². The second-order valence-corrected chi connectivity index (χ2v) is 3.16. The van der Waals surface area contributed by atoms with E-state index in [2.05, 4.69) is 4.74 Å². The SMILES string of the molecule is Fc1ccc(OCC(F)(F)F)c([B-](F)(F)F)c1. The van der Waals surface area contributed by atoms with Gasteiger partial charge >= 0.3 is 13.2 Å². The van der Waals surface area contributed by atoms with Crippen LogP contribution in [0.15, 0.2) is 18.2 Å². The fourth-order valence-electron chi connectivity index (χ4n) is 1.07. The smallest absolute Gasteiger partial charge is 0.487 e. The van der Waals surface area contributed by atoms with Crippen LogP contribution in [0.3, 0.4) is 0 Å². The molecule has 0 aliphatic rings. The minimum absolute atomic E-state index is 0.103. The molecule has 0 fully saturated rings. The van der Waals surface area contributed by atoms with Crippen LogP contribution in [0, 0.1) is 5.82 Å². The highest BCUT2D eigenvalue weighted by atomic mass is 19.4. The molecule has 1 aromatic rings. The van der Waals surface area contributed by atoms with Gasteiger partial charge in [0.1, 0.15) is 5.82 Å². The molecule has 0 aliphatic heterocycles. The predicted octanol–water partition coefficient (Wildman–Crippen LogP) is 2.82. The highest BCUT2D eigenvalue weighted by Gasteiger charge is 2.33. The van der Waals surface area contributed by atoms with Crippen molar-refractivity contribution in [3.8, 4) is 5.75 Å². The first-order valence-electron chi connectivity index (χ1n) is 4.28. The minimum atomic E-state index is -5.64. The molecule has 96 valence electrons. The first-order chi connectivity index (χ1) is 7.59. The van der Waals surface area contributed by atoms with Gasteiger partial charge < -0.3 is 17.7 Å². The molecule has 0 heterocycles. The predicted molar refractivity (Wildman–Crippen MR) is 46.7 cm³/mol. The van der Waals surface area contributed by atoms with Gasteiger partial charge in [-0.05, 0) is 18.2 Å². The van der Waals surface area contributed by atoms with Crippen LogP contribution in [0.5, 0.6) is 5.75 Å². The molecule has 1 rings (SSSR count). The molecular weight excluding hydrogens is 256 g/mol. The van der Waals surface area contributed by atoms with Gasteiger partial charge in [0.25, 0.3) is 0 Å². The Kier molecular flexibility index (Phi) is 3.58. The summed E-state index contributed by atoms with van der Waals surface area (Å²) in [6.07, 6.45) is -4.76. The molecular formula is C8H5BF7O-. The quantitative estimate of drug-likeness (QED) is 0.600. The normalized spacial score (nSPS) is 12.6. The van der Waals surface area contributed by atoms with Gasteiger partial charge in [-0.15, -0.1) is 0 Å². The Hall–Kier alpha value is -1.41. The maximum atomic E-state index is 12.6. The zero-order valence-electron chi connectivity index (χ0n) is 8.07. The second kappa shape index (κ2) is 4.46. The van der Waals surface area contributed by atoms with Crippen LogP contribution < -0.4 is 10.2 Å². The molecule has 0 saturated heterocycles. The maximum Gasteiger partial charge on any atom is 0.513 e. The molecule has 0 N–H and O–H groups in total. The highest BCUT2D eigenvalue weighted by Crippen LogP contribution is 2.21. The van der Waals surface area contributed by atoms with Gasteiger partial charge in [0.15, 0.2) is 6.61 Å². The van der Waals surface area contributed by atoms with Crippen molar-refractivity contribution in [2.45, 2.75) is 6.18 Å². The third-order valence-electron chi connectivity index (χ3n) is 1.72. The summed E-state index contributed by atoms with van der Waals surface area (Å²) in [5, 5.41) is 0. The van der Waals surface area contributed by atoms with Crippen LogP contribution in [0.2, 0.25) is 0 Å². The largest absolute Gasteiger partial charge is 0.513 e. The Bertz CT molecular complexity index is 398. The average molecular weight is 261 g/mol. The number of hydrogen-bond acceptors (Lipinski definition) is 1. The van der Waals surface area contributed by atoms with Crippen LogP contribution in [-0.4, -0.2) is 19.8 Å². The number of alkyl halides is 3. The van der Waals surface area contributed by atoms with Crippen molar-refractivity contribution in [1.82, 2.24) is 0 Å². The fourth-order valence-corrected chi connectivity index (χ4v) is 1.07. The molecule has 0 bridgehead atoms. The van der Waals surface area contributed by atoms with Gasteiger partial charge in [-0.3, -0.25) is 0 Å². The summed E-state index contributed by atoms with van der Waals surface area (Å²) < 4.78 is 89.0. The van der Waals surface area contributed by atoms with Crippen molar-refractivity contribution in [3.05, 3.63) is 24.0 Å². The molecule has 17 heavy (non-hydrogen) atoms. The van der Waals surface area contributed by atoms with Crippen LogP contribution in [0.4, 0.5) is 30.5 Å². The summed E-state index contributed by atoms with van der Waals surface area (Å²) in [4.78, 5) is 0. The molecule has 0 aliphatic carbocycles. The summed E-state index contributed by atoms with van der Waals surface area (Å²) in [6.45, 7) is -7.50. The second-order valence-electron chi connectivity index (χ2n) is 3.16. The van der Waals surface area contributed by atoms with Crippen molar-refractivity contribution >= 4 is 12.4 Å². The lowest BCUT2D eigenvalue weighted by Gasteiger charge is -2.20. The molecule has 0 radical (unpaired) electrons. The lowest BCUT2D eigenvalue weighted by Crippen LogP contribution is -2.36. The lowest BCUT2D eigenvalue weighted by molar-refractivity contribution is -0.153. The maximum absolute atomic E-state index is 12.6. The lowest BCUT2D eigenvalue weighted by atomic mass is 9.79. The van der Waals surface area contributed by atoms with Gasteiger partial charge in [-0.25, -0.2) is 4.39 Å². The van der Waals surface area contributed by atoms with Crippen molar-refractivity contribution in [1.29, 1.82) is 0 Å². The zero-order valence-corrected chi connectivity index (χ0v) is 8.07. The van der Waals surface area contributed by atoms with E-state index in [4.69, 9.17) is 0 Å². The third kappa shape index (κ3) is 4.16. The molecule has 0 amide bonds. The minimum Gasteiger partial charge on any atom is -0.487 e. The first kappa shape index (κ1) is 13.7. The van der Waals surface area contributed by atoms with E-state index in [9.17, 15) is 30.5 Å². The highest BCUT2D eigenvalue weighted by molar-refractivity contribution is 6.74. The van der Waals surface area contributed by atoms with Crippen LogP contribution in [-0.2, 0) is 0 Å². The van der Waals surface area contributed by atoms with Gasteiger partial charge in [0.2, 0.25) is 0 Å².